The second-order valence-electron chi connectivity index (χ2n) is 3.13. The van der Waals surface area contributed by atoms with Gasteiger partial charge in [-0.05, 0) is 32.0 Å². The molecule has 0 aliphatic carbocycles. The number of amides is 2. The fraction of sp³-hybridized carbons (Fsp3) is 0.250. The molecule has 0 bridgehead atoms. The smallest absolute Gasteiger partial charge is 0.276 e. The van der Waals surface area contributed by atoms with E-state index in [1.807, 2.05) is 6.92 Å². The van der Waals surface area contributed by atoms with Crippen LogP contribution in [-0.2, 0) is 0 Å². The third-order valence-corrected chi connectivity index (χ3v) is 1.96. The van der Waals surface area contributed by atoms with Crippen LogP contribution in [-0.4, -0.2) is 24.6 Å². The van der Waals surface area contributed by atoms with Crippen molar-refractivity contribution < 1.29 is 9.59 Å². The minimum Gasteiger partial charge on any atom is -0.352 e. The first-order chi connectivity index (χ1) is 7.69. The van der Waals surface area contributed by atoms with E-state index in [9.17, 15) is 9.59 Å². The molecule has 1 N–H and O–H groups in total. The molecule has 0 aliphatic heterocycles. The number of aliphatic imine (C=N–C) groups is 1. The molecule has 0 spiro atoms. The van der Waals surface area contributed by atoms with Crippen molar-refractivity contribution in [2.24, 2.45) is 4.99 Å². The number of nitrogens with zero attached hydrogens (tertiary/aromatic N) is 1. The molecule has 16 heavy (non-hydrogen) atoms. The number of carbonyl (C=O) groups is 2. The van der Waals surface area contributed by atoms with Crippen molar-refractivity contribution in [2.45, 2.75) is 13.8 Å². The molecule has 0 radical (unpaired) electrons. The van der Waals surface area contributed by atoms with Crippen LogP contribution >= 0.6 is 0 Å². The van der Waals surface area contributed by atoms with E-state index in [-0.39, 0.29) is 11.8 Å². The lowest BCUT2D eigenvalue weighted by molar-refractivity contribution is 0.0956. The Labute approximate surface area is 94.4 Å². The maximum Gasteiger partial charge on any atom is 0.276 e. The molecule has 0 saturated heterocycles. The molecule has 0 saturated carbocycles. The lowest BCUT2D eigenvalue weighted by Crippen LogP contribution is -2.22. The van der Waals surface area contributed by atoms with Gasteiger partial charge in [-0.2, -0.15) is 0 Å². The molecule has 0 aliphatic rings. The zero-order chi connectivity index (χ0) is 12.0. The molecule has 1 aromatic rings. The van der Waals surface area contributed by atoms with Gasteiger partial charge >= 0.3 is 0 Å². The molecule has 0 aromatic heterocycles. The van der Waals surface area contributed by atoms with Crippen LogP contribution in [0, 0.1) is 0 Å². The Bertz CT molecular complexity index is 425. The van der Waals surface area contributed by atoms with Crippen molar-refractivity contribution in [3.05, 3.63) is 35.4 Å². The lowest BCUT2D eigenvalue weighted by Gasteiger charge is -2.02. The Balaban J connectivity index is 2.95. The lowest BCUT2D eigenvalue weighted by atomic mass is 10.1. The highest BCUT2D eigenvalue weighted by Crippen LogP contribution is 2.06. The van der Waals surface area contributed by atoms with Crippen LogP contribution in [0.25, 0.3) is 0 Å². The van der Waals surface area contributed by atoms with Gasteiger partial charge in [0, 0.05) is 23.9 Å². The quantitative estimate of drug-likeness (QED) is 0.784. The summed E-state index contributed by atoms with van der Waals surface area (Å²) >= 11 is 0. The van der Waals surface area contributed by atoms with Gasteiger partial charge in [0.2, 0.25) is 0 Å². The summed E-state index contributed by atoms with van der Waals surface area (Å²) in [5.74, 6) is -0.522. The van der Waals surface area contributed by atoms with Crippen molar-refractivity contribution in [3.63, 3.8) is 0 Å². The summed E-state index contributed by atoms with van der Waals surface area (Å²) < 4.78 is 0. The normalized spacial score (nSPS) is 10.4. The maximum absolute atomic E-state index is 11.5. The van der Waals surface area contributed by atoms with Gasteiger partial charge in [0.1, 0.15) is 0 Å². The monoisotopic (exact) mass is 218 g/mol. The first-order valence-electron chi connectivity index (χ1n) is 5.10. The minimum atomic E-state index is -0.339. The van der Waals surface area contributed by atoms with E-state index in [4.69, 9.17) is 0 Å². The minimum absolute atomic E-state index is 0.183. The Morgan fingerprint density at radius 2 is 2.06 bits per heavy atom. The van der Waals surface area contributed by atoms with E-state index in [1.165, 1.54) is 6.21 Å². The zero-order valence-electron chi connectivity index (χ0n) is 9.36. The van der Waals surface area contributed by atoms with Crippen molar-refractivity contribution >= 4 is 18.0 Å². The molecule has 0 heterocycles. The topological polar surface area (TPSA) is 58.5 Å². The second-order valence-corrected chi connectivity index (χ2v) is 3.13. The average Bonchev–Trinajstić information content (AvgIpc) is 2.30. The molecule has 0 unspecified atom stereocenters. The SMILES string of the molecule is CC=NC(=O)c1cccc(C(=O)NCC)c1. The van der Waals surface area contributed by atoms with Crippen molar-refractivity contribution in [3.8, 4) is 0 Å². The predicted molar refractivity (Wildman–Crippen MR) is 62.9 cm³/mol. The molecule has 0 fully saturated rings. The molecule has 2 amide bonds. The van der Waals surface area contributed by atoms with E-state index in [1.54, 1.807) is 31.2 Å². The van der Waals surface area contributed by atoms with Gasteiger partial charge in [0.25, 0.3) is 11.8 Å². The highest BCUT2D eigenvalue weighted by atomic mass is 16.2. The number of benzene rings is 1. The van der Waals surface area contributed by atoms with Gasteiger partial charge in [0.15, 0.2) is 0 Å². The van der Waals surface area contributed by atoms with Crippen LogP contribution in [0.2, 0.25) is 0 Å². The van der Waals surface area contributed by atoms with Gasteiger partial charge in [-0.3, -0.25) is 9.59 Å². The Hall–Kier alpha value is -1.97. The fourth-order valence-electron chi connectivity index (χ4n) is 1.25. The number of rotatable bonds is 3. The van der Waals surface area contributed by atoms with Gasteiger partial charge in [-0.15, -0.1) is 0 Å². The average molecular weight is 218 g/mol. The number of hydrogen-bond acceptors (Lipinski definition) is 2. The van der Waals surface area contributed by atoms with Crippen LogP contribution in [0.3, 0.4) is 0 Å². The molecule has 0 atom stereocenters. The van der Waals surface area contributed by atoms with Crippen LogP contribution in [0.5, 0.6) is 0 Å². The number of carbonyl (C=O) groups excluding carboxylic acids is 2. The predicted octanol–water partition coefficient (Wildman–Crippen LogP) is 1.67. The fourth-order valence-corrected chi connectivity index (χ4v) is 1.25. The Morgan fingerprint density at radius 1 is 1.38 bits per heavy atom. The molecule has 1 rings (SSSR count). The highest BCUT2D eigenvalue weighted by Gasteiger charge is 2.08. The molecule has 4 heteroatoms. The molecular weight excluding hydrogens is 204 g/mol. The Morgan fingerprint density at radius 3 is 2.69 bits per heavy atom. The zero-order valence-corrected chi connectivity index (χ0v) is 9.36. The third kappa shape index (κ3) is 3.02. The van der Waals surface area contributed by atoms with E-state index in [0.717, 1.165) is 0 Å². The summed E-state index contributed by atoms with van der Waals surface area (Å²) in [7, 11) is 0. The summed E-state index contributed by atoms with van der Waals surface area (Å²) in [5.41, 5.74) is 0.890. The van der Waals surface area contributed by atoms with Crippen molar-refractivity contribution in [1.82, 2.24) is 5.32 Å². The van der Waals surface area contributed by atoms with E-state index >= 15 is 0 Å². The molecule has 1 aromatic carbocycles. The summed E-state index contributed by atoms with van der Waals surface area (Å²) in [6.07, 6.45) is 1.43. The first kappa shape index (κ1) is 12.1. The highest BCUT2D eigenvalue weighted by molar-refractivity contribution is 6.01. The van der Waals surface area contributed by atoms with Crippen LogP contribution in [0.1, 0.15) is 34.6 Å². The van der Waals surface area contributed by atoms with Gasteiger partial charge in [0.05, 0.1) is 0 Å². The largest absolute Gasteiger partial charge is 0.352 e. The van der Waals surface area contributed by atoms with Crippen molar-refractivity contribution in [2.75, 3.05) is 6.54 Å². The van der Waals surface area contributed by atoms with E-state index in [2.05, 4.69) is 10.3 Å². The van der Waals surface area contributed by atoms with Crippen LogP contribution in [0.4, 0.5) is 0 Å². The Kier molecular flexibility index (Phi) is 4.39. The second kappa shape index (κ2) is 5.80. The standard InChI is InChI=1S/C12H14N2O2/c1-3-13-11(15)9-6-5-7-10(8-9)12(16)14-4-2/h3,5-8H,4H2,1-2H3,(H,14,16). The van der Waals surface area contributed by atoms with Crippen LogP contribution in [0.15, 0.2) is 29.3 Å². The molecular formula is C12H14N2O2. The van der Waals surface area contributed by atoms with E-state index < -0.39 is 0 Å². The summed E-state index contributed by atoms with van der Waals surface area (Å²) in [6.45, 7) is 4.07. The van der Waals surface area contributed by atoms with Gasteiger partial charge < -0.3 is 5.32 Å². The van der Waals surface area contributed by atoms with Crippen molar-refractivity contribution in [1.29, 1.82) is 0 Å². The number of hydrogen-bond donors (Lipinski definition) is 1. The summed E-state index contributed by atoms with van der Waals surface area (Å²) in [5, 5.41) is 2.67. The van der Waals surface area contributed by atoms with Gasteiger partial charge in [-0.1, -0.05) is 6.07 Å². The van der Waals surface area contributed by atoms with E-state index in [0.29, 0.717) is 17.7 Å². The third-order valence-electron chi connectivity index (χ3n) is 1.96. The van der Waals surface area contributed by atoms with Gasteiger partial charge in [-0.25, -0.2) is 4.99 Å². The molecule has 84 valence electrons. The van der Waals surface area contributed by atoms with Crippen LogP contribution < -0.4 is 5.32 Å². The molecule has 4 nitrogen and oxygen atoms in total. The first-order valence-corrected chi connectivity index (χ1v) is 5.10. The maximum atomic E-state index is 11.5. The summed E-state index contributed by atoms with van der Waals surface area (Å²) in [4.78, 5) is 26.6. The number of nitrogens with one attached hydrogen (secondary N) is 1. The summed E-state index contributed by atoms with van der Waals surface area (Å²) in [6, 6.07) is 6.51.